The number of ether oxygens (including phenoxy) is 6. The van der Waals surface area contributed by atoms with Crippen LogP contribution in [0.4, 0.5) is 16.0 Å². The van der Waals surface area contributed by atoms with Crippen LogP contribution < -0.4 is 16.0 Å². The van der Waals surface area contributed by atoms with Gasteiger partial charge in [-0.05, 0) is 67.5 Å². The Labute approximate surface area is 406 Å². The van der Waals surface area contributed by atoms with Gasteiger partial charge in [0.15, 0.2) is 17.8 Å². The molecule has 6 aromatic rings. The van der Waals surface area contributed by atoms with Gasteiger partial charge in [-0.25, -0.2) is 24.3 Å². The van der Waals surface area contributed by atoms with E-state index in [4.69, 9.17) is 33.4 Å². The highest BCUT2D eigenvalue weighted by atomic mass is 19.1. The number of nitrogens with zero attached hydrogens (tertiary/aromatic N) is 6. The van der Waals surface area contributed by atoms with Gasteiger partial charge in [-0.1, -0.05) is 36.4 Å². The zero-order valence-corrected chi connectivity index (χ0v) is 41.4. The van der Waals surface area contributed by atoms with Crippen molar-refractivity contribution in [2.24, 2.45) is 0 Å². The molecule has 2 aromatic carbocycles. The average Bonchev–Trinajstić information content (AvgIpc) is 3.86. The molecule has 0 aliphatic rings. The van der Waals surface area contributed by atoms with E-state index in [9.17, 15) is 29.0 Å². The molecule has 3 amide bonds. The second-order valence-electron chi connectivity index (χ2n) is 17.3. The number of carbonyl (C=O) groups excluding carboxylic acids is 3. The van der Waals surface area contributed by atoms with Gasteiger partial charge in [0.25, 0.3) is 11.8 Å². The summed E-state index contributed by atoms with van der Waals surface area (Å²) in [5, 5.41) is 30.5. The molecule has 0 radical (unpaired) electrons. The predicted octanol–water partition coefficient (Wildman–Crippen LogP) is 5.22. The maximum atomic E-state index is 14.7. The summed E-state index contributed by atoms with van der Waals surface area (Å²) in [6.45, 7) is 17.9. The number of rotatable bonds is 27. The van der Waals surface area contributed by atoms with Crippen LogP contribution in [0.1, 0.15) is 67.0 Å². The normalized spacial score (nSPS) is 12.4. The quantitative estimate of drug-likeness (QED) is 0.0416. The number of alkyl halides is 1. The number of halogens is 1. The number of hydrogen-bond donors (Lipinski definition) is 5. The summed E-state index contributed by atoms with van der Waals surface area (Å²) in [6.07, 6.45) is -2.04. The zero-order chi connectivity index (χ0) is 50.8. The Bertz CT molecular complexity index is 2660. The van der Waals surface area contributed by atoms with Crippen molar-refractivity contribution in [2.45, 2.75) is 99.1 Å². The Morgan fingerprint density at radius 2 is 1.01 bits per heavy atom. The van der Waals surface area contributed by atoms with Crippen LogP contribution in [0, 0.1) is 0 Å². The van der Waals surface area contributed by atoms with Crippen molar-refractivity contribution >= 4 is 73.2 Å². The molecule has 0 unspecified atom stereocenters. The van der Waals surface area contributed by atoms with Gasteiger partial charge >= 0.3 is 0 Å². The van der Waals surface area contributed by atoms with E-state index in [-0.39, 0.29) is 51.3 Å². The van der Waals surface area contributed by atoms with Crippen LogP contribution in [-0.4, -0.2) is 147 Å². The first-order valence-corrected chi connectivity index (χ1v) is 23.5. The van der Waals surface area contributed by atoms with Gasteiger partial charge < -0.3 is 63.7 Å². The van der Waals surface area contributed by atoms with Crippen molar-refractivity contribution in [1.29, 1.82) is 0 Å². The third kappa shape index (κ3) is 15.9. The van der Waals surface area contributed by atoms with E-state index in [0.29, 0.717) is 97.8 Å². The Balaban J connectivity index is 0.000000265. The highest BCUT2D eigenvalue weighted by molar-refractivity contribution is 6.11. The number of fused-ring (bicyclic) bond motifs is 6. The molecule has 1 atom stereocenters. The molecule has 382 valence electrons. The third-order valence-corrected chi connectivity index (χ3v) is 10.2. The number of carbonyl (C=O) groups is 3. The average molecular weight is 978 g/mol. The third-order valence-electron chi connectivity index (χ3n) is 10.2. The monoisotopic (exact) mass is 978 g/mol. The van der Waals surface area contributed by atoms with Crippen LogP contribution in [0.2, 0.25) is 0 Å². The van der Waals surface area contributed by atoms with Crippen molar-refractivity contribution in [1.82, 2.24) is 34.4 Å². The summed E-state index contributed by atoms with van der Waals surface area (Å²) in [4.78, 5) is 55.7. The fraction of sp³-hybridized carbons (Fsp3) is 0.531. The molecule has 20 nitrogen and oxygen atoms in total. The first-order valence-electron chi connectivity index (χ1n) is 23.5. The number of hydrogen-bond acceptors (Lipinski definition) is 15. The summed E-state index contributed by atoms with van der Waals surface area (Å²) in [5.74, 6) is -0.233. The fourth-order valence-corrected chi connectivity index (χ4v) is 7.22. The van der Waals surface area contributed by atoms with Crippen LogP contribution in [0.15, 0.2) is 48.5 Å². The Morgan fingerprint density at radius 1 is 0.600 bits per heavy atom. The molecule has 21 heteroatoms. The number of aliphatic hydroxyl groups is 2. The van der Waals surface area contributed by atoms with Crippen LogP contribution >= 0.6 is 0 Å². The van der Waals surface area contributed by atoms with Gasteiger partial charge in [-0.3, -0.25) is 14.4 Å². The molecule has 6 rings (SSSR count). The smallest absolute Gasteiger partial charge is 0.261 e. The fourth-order valence-electron chi connectivity index (χ4n) is 7.22. The van der Waals surface area contributed by atoms with Crippen molar-refractivity contribution in [3.8, 4) is 0 Å². The molecule has 0 fully saturated rings. The first-order chi connectivity index (χ1) is 33.5. The summed E-state index contributed by atoms with van der Waals surface area (Å²) >= 11 is 0. The molecule has 4 aromatic heterocycles. The topological polar surface area (TPSA) is 245 Å². The number of imidazole rings is 2. The van der Waals surface area contributed by atoms with Crippen LogP contribution in [0.5, 0.6) is 0 Å². The molecule has 4 heterocycles. The Kier molecular flexibility index (Phi) is 20.8. The van der Waals surface area contributed by atoms with Gasteiger partial charge in [0.2, 0.25) is 5.91 Å². The number of nitrogens with one attached hydrogen (secondary N) is 3. The van der Waals surface area contributed by atoms with Gasteiger partial charge in [-0.2, -0.15) is 0 Å². The van der Waals surface area contributed by atoms with Crippen LogP contribution in [0.3, 0.4) is 0 Å². The van der Waals surface area contributed by atoms with Crippen LogP contribution in [0.25, 0.3) is 43.9 Å². The highest BCUT2D eigenvalue weighted by Gasteiger charge is 2.27. The van der Waals surface area contributed by atoms with E-state index >= 15 is 0 Å². The Hall–Kier alpha value is -5.78. The van der Waals surface area contributed by atoms with Crippen LogP contribution in [-0.2, 0) is 69.1 Å². The van der Waals surface area contributed by atoms with E-state index in [1.165, 1.54) is 0 Å². The lowest BCUT2D eigenvalue weighted by atomic mass is 10.1. The minimum Gasteiger partial charge on any atom is -0.389 e. The van der Waals surface area contributed by atoms with Gasteiger partial charge in [-0.15, -0.1) is 0 Å². The van der Waals surface area contributed by atoms with Gasteiger partial charge in [0, 0.05) is 37.2 Å². The first kappa shape index (κ1) is 55.2. The molecule has 70 heavy (non-hydrogen) atoms. The number of benzene rings is 2. The zero-order valence-electron chi connectivity index (χ0n) is 41.4. The minimum atomic E-state index is -2.04. The molecular weight excluding hydrogens is 910 g/mol. The maximum Gasteiger partial charge on any atom is 0.261 e. The second kappa shape index (κ2) is 26.4. The lowest BCUT2D eigenvalue weighted by Crippen LogP contribution is -2.38. The Morgan fingerprint density at radius 3 is 1.46 bits per heavy atom. The van der Waals surface area contributed by atoms with Crippen molar-refractivity contribution < 1.29 is 57.4 Å². The summed E-state index contributed by atoms with van der Waals surface area (Å²) < 4.78 is 50.6. The molecule has 0 saturated heterocycles. The van der Waals surface area contributed by atoms with Crippen molar-refractivity contribution in [3.63, 3.8) is 0 Å². The molecule has 0 bridgehead atoms. The molecule has 0 saturated carbocycles. The number of para-hydroxylation sites is 2. The molecule has 5 N–H and O–H groups in total. The maximum absolute atomic E-state index is 14.7. The van der Waals surface area contributed by atoms with Crippen molar-refractivity contribution in [2.75, 3.05) is 83.2 Å². The van der Waals surface area contributed by atoms with E-state index in [1.54, 1.807) is 39.8 Å². The summed E-state index contributed by atoms with van der Waals surface area (Å²) in [6, 6.07) is 15.0. The summed E-state index contributed by atoms with van der Waals surface area (Å²) in [7, 11) is 0. The van der Waals surface area contributed by atoms with Gasteiger partial charge in [0.1, 0.15) is 49.1 Å². The lowest BCUT2D eigenvalue weighted by Gasteiger charge is -2.20. The standard InChI is InChI=1S/C26H36FN5O6.C23H32N4O5/c1-5-36-11-12-38-15-21(33)28-13-18(27)25(34)31-24-22-23(17-9-7-8-10-19(17)29-24)32(16-26(3,4)35)20(30-22)14-37-6-2;1-5-30-11-12-32-14-19(28)26-22-20-21(16-9-7-8-10-17(16)24-22)27(15-23(3,4)29)18(25-20)13-31-6-2/h7-10,18,35H,5-6,11-16H2,1-4H3,(H,28,33)(H,29,31,34);7-10,29H,5-6,11-15H2,1-4H3,(H,24,26,28)/t18-;/m1./s1. The summed E-state index contributed by atoms with van der Waals surface area (Å²) in [5.41, 5.74) is 1.54. The molecule has 0 aliphatic heterocycles. The van der Waals surface area contributed by atoms with Crippen molar-refractivity contribution in [3.05, 3.63) is 60.2 Å². The second-order valence-corrected chi connectivity index (χ2v) is 17.3. The lowest BCUT2D eigenvalue weighted by molar-refractivity contribution is -0.127. The minimum absolute atomic E-state index is 0.0733. The molecule has 0 aliphatic carbocycles. The molecule has 0 spiro atoms. The van der Waals surface area contributed by atoms with E-state index < -0.39 is 35.7 Å². The largest absolute Gasteiger partial charge is 0.389 e. The van der Waals surface area contributed by atoms with E-state index in [2.05, 4.69) is 30.9 Å². The van der Waals surface area contributed by atoms with E-state index in [0.717, 1.165) is 16.3 Å². The number of amides is 3. The number of anilines is 2. The van der Waals surface area contributed by atoms with Gasteiger partial charge in [0.05, 0.1) is 79.3 Å². The number of aromatic nitrogens is 6. The number of pyridine rings is 2. The molecular formula is C49H68FN9O11. The predicted molar refractivity (Wildman–Crippen MR) is 263 cm³/mol. The SMILES string of the molecule is CCOCCOCC(=O)NC[C@@H](F)C(=O)Nc1nc2ccccc2c2c1nc(COCC)n2CC(C)(C)O.CCOCCOCC(=O)Nc1nc2ccccc2c2c1nc(COCC)n2CC(C)(C)O. The van der Waals surface area contributed by atoms with E-state index in [1.807, 2.05) is 73.2 Å². The highest BCUT2D eigenvalue weighted by Crippen LogP contribution is 2.33.